The molecule has 12 nitrogen and oxygen atoms in total. The zero-order valence-corrected chi connectivity index (χ0v) is 24.3. The summed E-state index contributed by atoms with van der Waals surface area (Å²) in [6.07, 6.45) is 1.17. The van der Waals surface area contributed by atoms with E-state index in [-0.39, 0.29) is 49.7 Å². The molecule has 0 aliphatic carbocycles. The first-order valence-corrected chi connectivity index (χ1v) is 15.0. The fraction of sp³-hybridized carbons (Fsp3) is 0.300. The van der Waals surface area contributed by atoms with Crippen LogP contribution in [0.25, 0.3) is 0 Å². The molecule has 0 fully saturated rings. The average molecular weight is 612 g/mol. The van der Waals surface area contributed by atoms with Crippen molar-refractivity contribution in [1.29, 1.82) is 0 Å². The summed E-state index contributed by atoms with van der Waals surface area (Å²) in [7, 11) is -2.44. The summed E-state index contributed by atoms with van der Waals surface area (Å²) in [6.45, 7) is -0.500. The Morgan fingerprint density at radius 3 is 2.58 bits per heavy atom. The third kappa shape index (κ3) is 7.03. The van der Waals surface area contributed by atoms with Crippen LogP contribution < -0.4 is 25.3 Å². The normalized spacial score (nSPS) is 17.7. The fourth-order valence-corrected chi connectivity index (χ4v) is 6.15. The number of allylic oxidation sites excluding steroid dienone is 1. The third-order valence-electron chi connectivity index (χ3n) is 7.01. The number of ether oxygens (including phenoxy) is 5. The molecular weight excluding hydrogens is 578 g/mol. The van der Waals surface area contributed by atoms with Crippen LogP contribution in [0, 0.1) is 0 Å². The number of hydrogen-bond acceptors (Lipinski definition) is 10. The van der Waals surface area contributed by atoms with E-state index in [1.54, 1.807) is 48.5 Å². The fourth-order valence-electron chi connectivity index (χ4n) is 4.74. The van der Waals surface area contributed by atoms with Gasteiger partial charge in [0.15, 0.2) is 17.3 Å². The van der Waals surface area contributed by atoms with Gasteiger partial charge >= 0.3 is 0 Å². The number of amides is 1. The molecular formula is C30H33N3O9S. The molecule has 4 N–H and O–H groups in total. The number of nitrogens with one attached hydrogen (secondary N) is 1. The van der Waals surface area contributed by atoms with Gasteiger partial charge in [0.2, 0.25) is 23.1 Å². The molecule has 1 amide bonds. The van der Waals surface area contributed by atoms with Crippen LogP contribution in [0.1, 0.15) is 17.9 Å². The van der Waals surface area contributed by atoms with Crippen LogP contribution in [0.4, 0.5) is 11.4 Å². The number of anilines is 2. The minimum atomic E-state index is -3.93. The second kappa shape index (κ2) is 13.3. The van der Waals surface area contributed by atoms with Crippen LogP contribution in [0.3, 0.4) is 0 Å². The smallest absolute Gasteiger partial charge is 0.290 e. The summed E-state index contributed by atoms with van der Waals surface area (Å²) in [5.41, 5.74) is 7.69. The number of carbonyl (C=O) groups excluding carboxylic acids is 1. The first-order chi connectivity index (χ1) is 20.8. The predicted molar refractivity (Wildman–Crippen MR) is 157 cm³/mol. The Morgan fingerprint density at radius 2 is 1.84 bits per heavy atom. The molecule has 2 atom stereocenters. The van der Waals surface area contributed by atoms with Crippen LogP contribution in [-0.4, -0.2) is 70.2 Å². The number of para-hydroxylation sites is 2. The molecule has 3 aromatic rings. The first kappa shape index (κ1) is 30.2. The quantitative estimate of drug-likeness (QED) is 0.260. The topological polar surface area (TPSA) is 159 Å². The maximum Gasteiger partial charge on any atom is 0.290 e. The number of carbonyl (C=O) groups is 1. The van der Waals surface area contributed by atoms with Gasteiger partial charge < -0.3 is 39.8 Å². The van der Waals surface area contributed by atoms with Crippen molar-refractivity contribution in [2.75, 3.05) is 51.3 Å². The van der Waals surface area contributed by atoms with E-state index in [1.807, 2.05) is 12.1 Å². The minimum Gasteiger partial charge on any atom is -0.497 e. The van der Waals surface area contributed by atoms with Crippen molar-refractivity contribution in [2.45, 2.75) is 23.5 Å². The van der Waals surface area contributed by atoms with Gasteiger partial charge in [0.25, 0.3) is 5.91 Å². The number of nitrogens with two attached hydrogens (primary N) is 1. The maximum absolute atomic E-state index is 13.3. The van der Waals surface area contributed by atoms with Crippen molar-refractivity contribution in [2.24, 2.45) is 0 Å². The summed E-state index contributed by atoms with van der Waals surface area (Å²) >= 11 is 0. The van der Waals surface area contributed by atoms with Gasteiger partial charge in [-0.15, -0.1) is 0 Å². The number of nitrogens with zero attached hydrogens (tertiary/aromatic N) is 1. The lowest BCUT2D eigenvalue weighted by molar-refractivity contribution is -0.143. The summed E-state index contributed by atoms with van der Waals surface area (Å²) in [5, 5.41) is 12.3. The van der Waals surface area contributed by atoms with E-state index in [2.05, 4.69) is 5.32 Å². The predicted octanol–water partition coefficient (Wildman–Crippen LogP) is 3.06. The van der Waals surface area contributed by atoms with Crippen molar-refractivity contribution in [3.8, 4) is 17.2 Å². The van der Waals surface area contributed by atoms with Gasteiger partial charge in [0.1, 0.15) is 5.75 Å². The summed E-state index contributed by atoms with van der Waals surface area (Å²) in [4.78, 5) is 13.3. The molecule has 228 valence electrons. The van der Waals surface area contributed by atoms with Crippen molar-refractivity contribution in [1.82, 2.24) is 4.31 Å². The Morgan fingerprint density at radius 1 is 1.07 bits per heavy atom. The molecule has 2 aliphatic heterocycles. The van der Waals surface area contributed by atoms with E-state index in [9.17, 15) is 18.3 Å². The minimum absolute atomic E-state index is 0.0280. The number of aliphatic hydroxyl groups excluding tert-OH is 1. The zero-order chi connectivity index (χ0) is 30.4. The SMILES string of the molecule is COc1ccc(S(=O)(=O)N(CCO)CCO[C@@H]2C[C@H](c3ccc4c(c3)OCO4)C=C(C(=O)Nc3ccccc3N)O2)cc1. The summed E-state index contributed by atoms with van der Waals surface area (Å²) < 4.78 is 55.7. The van der Waals surface area contributed by atoms with E-state index < -0.39 is 22.2 Å². The average Bonchev–Trinajstić information content (AvgIpc) is 3.50. The highest BCUT2D eigenvalue weighted by atomic mass is 32.2. The summed E-state index contributed by atoms with van der Waals surface area (Å²) in [5.74, 6) is 0.971. The number of rotatable bonds is 12. The highest BCUT2D eigenvalue weighted by Crippen LogP contribution is 2.38. The second-order valence-corrected chi connectivity index (χ2v) is 11.7. The van der Waals surface area contributed by atoms with Crippen molar-refractivity contribution in [3.63, 3.8) is 0 Å². The molecule has 5 rings (SSSR count). The third-order valence-corrected chi connectivity index (χ3v) is 8.92. The molecule has 13 heteroatoms. The molecule has 0 saturated carbocycles. The zero-order valence-electron chi connectivity index (χ0n) is 23.5. The maximum atomic E-state index is 13.3. The van der Waals surface area contributed by atoms with Gasteiger partial charge in [0, 0.05) is 25.4 Å². The van der Waals surface area contributed by atoms with Crippen LogP contribution in [0.15, 0.2) is 83.5 Å². The van der Waals surface area contributed by atoms with Crippen molar-refractivity contribution in [3.05, 3.63) is 84.1 Å². The second-order valence-electron chi connectivity index (χ2n) is 9.75. The van der Waals surface area contributed by atoms with Crippen LogP contribution in [0.5, 0.6) is 17.2 Å². The number of methoxy groups -OCH3 is 1. The molecule has 0 bridgehead atoms. The number of aliphatic hydroxyl groups is 1. The number of benzene rings is 3. The van der Waals surface area contributed by atoms with Gasteiger partial charge in [-0.05, 0) is 60.2 Å². The highest BCUT2D eigenvalue weighted by Gasteiger charge is 2.31. The van der Waals surface area contributed by atoms with Crippen LogP contribution >= 0.6 is 0 Å². The number of fused-ring (bicyclic) bond motifs is 1. The lowest BCUT2D eigenvalue weighted by atomic mass is 9.92. The molecule has 3 aromatic carbocycles. The Kier molecular flexibility index (Phi) is 9.36. The Balaban J connectivity index is 1.31. The first-order valence-electron chi connectivity index (χ1n) is 13.6. The largest absolute Gasteiger partial charge is 0.497 e. The monoisotopic (exact) mass is 611 g/mol. The molecule has 0 unspecified atom stereocenters. The molecule has 0 radical (unpaired) electrons. The van der Waals surface area contributed by atoms with Gasteiger partial charge in [0.05, 0.1) is 36.6 Å². The Bertz CT molecular complexity index is 1580. The lowest BCUT2D eigenvalue weighted by Gasteiger charge is -2.30. The molecule has 0 saturated heterocycles. The lowest BCUT2D eigenvalue weighted by Crippen LogP contribution is -2.37. The Hall–Kier alpha value is -4.30. The molecule has 43 heavy (non-hydrogen) atoms. The van der Waals surface area contributed by atoms with Crippen molar-refractivity contribution < 1.29 is 42.0 Å². The van der Waals surface area contributed by atoms with Crippen molar-refractivity contribution >= 4 is 27.3 Å². The van der Waals surface area contributed by atoms with Crippen LogP contribution in [-0.2, 0) is 24.3 Å². The van der Waals surface area contributed by atoms with Gasteiger partial charge in [-0.3, -0.25) is 4.79 Å². The van der Waals surface area contributed by atoms with E-state index in [0.717, 1.165) is 9.87 Å². The van der Waals surface area contributed by atoms with Crippen LogP contribution in [0.2, 0.25) is 0 Å². The highest BCUT2D eigenvalue weighted by molar-refractivity contribution is 7.89. The molecule has 0 aromatic heterocycles. The summed E-state index contributed by atoms with van der Waals surface area (Å²) in [6, 6.07) is 18.4. The van der Waals surface area contributed by atoms with Gasteiger partial charge in [-0.1, -0.05) is 18.2 Å². The van der Waals surface area contributed by atoms with E-state index in [1.165, 1.54) is 19.2 Å². The van der Waals surface area contributed by atoms with Gasteiger partial charge in [-0.25, -0.2) is 8.42 Å². The van der Waals surface area contributed by atoms with E-state index >= 15 is 0 Å². The Labute approximate surface area is 249 Å². The standard InChI is InChI=1S/C30H33N3O9S/c1-38-22-7-9-23(10-8-22)43(36,37)33(12-14-34)13-15-39-29-18-21(20-6-11-26-27(16-20)41-19-40-26)17-28(42-29)30(35)32-25-5-3-2-4-24(25)31/h2-11,16-17,21,29,34H,12-15,18-19,31H2,1H3,(H,32,35)/t21-,29+/m1/s1. The van der Waals surface area contributed by atoms with E-state index in [0.29, 0.717) is 35.0 Å². The number of nitrogen functional groups attached to an aromatic ring is 1. The molecule has 2 aliphatic rings. The molecule has 2 heterocycles. The number of hydrogen-bond donors (Lipinski definition) is 3. The number of sulfonamides is 1. The van der Waals surface area contributed by atoms with Gasteiger partial charge in [-0.2, -0.15) is 4.31 Å². The van der Waals surface area contributed by atoms with E-state index in [4.69, 9.17) is 29.4 Å². The molecule has 0 spiro atoms.